The van der Waals surface area contributed by atoms with Gasteiger partial charge in [0.25, 0.3) is 0 Å². The molecule has 110 valence electrons. The monoisotopic (exact) mass is 269 g/mol. The van der Waals surface area contributed by atoms with Crippen LogP contribution >= 0.6 is 0 Å². The van der Waals surface area contributed by atoms with Crippen molar-refractivity contribution in [2.24, 2.45) is 16.7 Å². The Hall–Kier alpha value is -0.630. The number of aliphatic hydroxyl groups excluding tert-OH is 1. The molecule has 1 N–H and O–H groups in total. The summed E-state index contributed by atoms with van der Waals surface area (Å²) in [4.78, 5) is 0. The Kier molecular flexibility index (Phi) is 5.37. The highest BCUT2D eigenvalue weighted by molar-refractivity contribution is 5.07. The van der Waals surface area contributed by atoms with Crippen molar-refractivity contribution in [2.45, 2.75) is 58.8 Å². The highest BCUT2D eigenvalue weighted by Crippen LogP contribution is 2.47. The molecule has 1 fully saturated rings. The molecule has 4 heteroatoms. The third-order valence-electron chi connectivity index (χ3n) is 4.61. The molecule has 0 aliphatic heterocycles. The van der Waals surface area contributed by atoms with Gasteiger partial charge in [0.15, 0.2) is 6.29 Å². The van der Waals surface area contributed by atoms with E-state index in [-0.39, 0.29) is 5.41 Å². The van der Waals surface area contributed by atoms with Gasteiger partial charge in [0.1, 0.15) is 6.10 Å². The van der Waals surface area contributed by atoms with E-state index in [1.165, 1.54) is 14.2 Å². The van der Waals surface area contributed by atoms with Gasteiger partial charge in [-0.1, -0.05) is 20.8 Å². The van der Waals surface area contributed by atoms with Crippen LogP contribution in [0.15, 0.2) is 0 Å². The van der Waals surface area contributed by atoms with Crippen LogP contribution in [0.2, 0.25) is 0 Å². The van der Waals surface area contributed by atoms with E-state index in [1.807, 2.05) is 0 Å². The van der Waals surface area contributed by atoms with E-state index in [4.69, 9.17) is 9.47 Å². The van der Waals surface area contributed by atoms with Crippen LogP contribution in [0.1, 0.15) is 46.5 Å². The smallest absolute Gasteiger partial charge is 0.184 e. The predicted octanol–water partition coefficient (Wildman–Crippen LogP) is 2.71. The van der Waals surface area contributed by atoms with Crippen LogP contribution in [0.25, 0.3) is 0 Å². The zero-order chi connectivity index (χ0) is 14.7. The van der Waals surface area contributed by atoms with Crippen molar-refractivity contribution in [2.75, 3.05) is 14.2 Å². The predicted molar refractivity (Wildman–Crippen MR) is 73.3 cm³/mol. The maximum Gasteiger partial charge on any atom is 0.184 e. The van der Waals surface area contributed by atoms with E-state index in [9.17, 15) is 10.4 Å². The summed E-state index contributed by atoms with van der Waals surface area (Å²) < 4.78 is 10.2. The molecule has 1 rings (SSSR count). The van der Waals surface area contributed by atoms with Crippen LogP contribution < -0.4 is 0 Å². The SMILES string of the molecule is COC(OC)C(O)C1(C#N)CCC(C(C)(C)C)CC1. The average molecular weight is 269 g/mol. The lowest BCUT2D eigenvalue weighted by Crippen LogP contribution is -2.47. The molecule has 0 aromatic heterocycles. The van der Waals surface area contributed by atoms with Gasteiger partial charge in [-0.25, -0.2) is 0 Å². The number of rotatable bonds is 4. The second-order valence-corrected chi connectivity index (χ2v) is 6.69. The van der Waals surface area contributed by atoms with Gasteiger partial charge in [-0.2, -0.15) is 5.26 Å². The van der Waals surface area contributed by atoms with Crippen molar-refractivity contribution in [3.8, 4) is 6.07 Å². The molecular formula is C15H27NO3. The molecule has 1 atom stereocenters. The van der Waals surface area contributed by atoms with Gasteiger partial charge in [-0.05, 0) is 37.0 Å². The molecule has 0 bridgehead atoms. The molecule has 1 unspecified atom stereocenters. The van der Waals surface area contributed by atoms with Crippen molar-refractivity contribution < 1.29 is 14.6 Å². The molecule has 0 radical (unpaired) electrons. The first-order chi connectivity index (χ1) is 8.80. The molecule has 19 heavy (non-hydrogen) atoms. The summed E-state index contributed by atoms with van der Waals surface area (Å²) in [5.41, 5.74) is -0.479. The lowest BCUT2D eigenvalue weighted by molar-refractivity contribution is -0.195. The molecule has 0 spiro atoms. The summed E-state index contributed by atoms with van der Waals surface area (Å²) in [7, 11) is 2.98. The number of nitrogens with zero attached hydrogens (tertiary/aromatic N) is 1. The molecule has 1 aliphatic rings. The second kappa shape index (κ2) is 6.21. The van der Waals surface area contributed by atoms with E-state index in [0.29, 0.717) is 18.8 Å². The molecule has 0 saturated heterocycles. The number of hydrogen-bond acceptors (Lipinski definition) is 4. The number of ether oxygens (including phenoxy) is 2. The fourth-order valence-corrected chi connectivity index (χ4v) is 3.09. The van der Waals surface area contributed by atoms with Crippen LogP contribution in [0, 0.1) is 28.1 Å². The molecule has 0 aromatic rings. The Morgan fingerprint density at radius 1 is 1.21 bits per heavy atom. The van der Waals surface area contributed by atoms with Gasteiger partial charge in [0.05, 0.1) is 11.5 Å². The maximum atomic E-state index is 10.4. The number of aliphatic hydroxyl groups is 1. The standard InChI is InChI=1S/C15H27NO3/c1-14(2,3)11-6-8-15(10-16,9-7-11)12(17)13(18-4)19-5/h11-13,17H,6-9H2,1-5H3. The Bertz CT molecular complexity index is 317. The summed E-state index contributed by atoms with van der Waals surface area (Å²) in [5.74, 6) is 0.602. The first kappa shape index (κ1) is 16.4. The zero-order valence-electron chi connectivity index (χ0n) is 12.8. The van der Waals surface area contributed by atoms with Gasteiger partial charge in [-0.3, -0.25) is 0 Å². The summed E-state index contributed by atoms with van der Waals surface area (Å²) in [6, 6.07) is 2.33. The lowest BCUT2D eigenvalue weighted by atomic mass is 9.62. The second-order valence-electron chi connectivity index (χ2n) is 6.69. The summed E-state index contributed by atoms with van der Waals surface area (Å²) >= 11 is 0. The highest BCUT2D eigenvalue weighted by atomic mass is 16.7. The van der Waals surface area contributed by atoms with Gasteiger partial charge >= 0.3 is 0 Å². The summed E-state index contributed by atoms with van der Waals surface area (Å²) in [6.45, 7) is 6.71. The van der Waals surface area contributed by atoms with Gasteiger partial charge < -0.3 is 14.6 Å². The quantitative estimate of drug-likeness (QED) is 0.797. The molecule has 1 aliphatic carbocycles. The lowest BCUT2D eigenvalue weighted by Gasteiger charge is -2.43. The topological polar surface area (TPSA) is 62.5 Å². The summed E-state index contributed by atoms with van der Waals surface area (Å²) in [5, 5.41) is 19.9. The van der Waals surface area contributed by atoms with E-state index in [1.54, 1.807) is 0 Å². The summed E-state index contributed by atoms with van der Waals surface area (Å²) in [6.07, 6.45) is 1.72. The minimum atomic E-state index is -0.895. The Balaban J connectivity index is 2.79. The first-order valence-corrected chi connectivity index (χ1v) is 6.95. The molecule has 0 amide bonds. The van der Waals surface area contributed by atoms with Crippen molar-refractivity contribution in [1.29, 1.82) is 5.26 Å². The molecule has 1 saturated carbocycles. The van der Waals surface area contributed by atoms with Gasteiger partial charge in [-0.15, -0.1) is 0 Å². The molecule has 0 aromatic carbocycles. The largest absolute Gasteiger partial charge is 0.386 e. The van der Waals surface area contributed by atoms with Crippen LogP contribution in [-0.4, -0.2) is 31.7 Å². The van der Waals surface area contributed by atoms with Crippen molar-refractivity contribution in [3.05, 3.63) is 0 Å². The van der Waals surface area contributed by atoms with Crippen molar-refractivity contribution >= 4 is 0 Å². The Morgan fingerprint density at radius 3 is 2.00 bits per heavy atom. The van der Waals surface area contributed by atoms with E-state index < -0.39 is 17.8 Å². The van der Waals surface area contributed by atoms with Crippen LogP contribution in [0.3, 0.4) is 0 Å². The molecule has 0 heterocycles. The maximum absolute atomic E-state index is 10.4. The Labute approximate surface area is 116 Å². The van der Waals surface area contributed by atoms with Gasteiger partial charge in [0.2, 0.25) is 0 Å². The zero-order valence-corrected chi connectivity index (χ0v) is 12.8. The van der Waals surface area contributed by atoms with E-state index >= 15 is 0 Å². The highest BCUT2D eigenvalue weighted by Gasteiger charge is 2.47. The van der Waals surface area contributed by atoms with Gasteiger partial charge in [0, 0.05) is 14.2 Å². The molecule has 4 nitrogen and oxygen atoms in total. The number of nitriles is 1. The van der Waals surface area contributed by atoms with Crippen LogP contribution in [0.4, 0.5) is 0 Å². The van der Waals surface area contributed by atoms with E-state index in [2.05, 4.69) is 26.8 Å². The average Bonchev–Trinajstić information content (AvgIpc) is 2.39. The molecular weight excluding hydrogens is 242 g/mol. The fraction of sp³-hybridized carbons (Fsp3) is 0.933. The van der Waals surface area contributed by atoms with Crippen molar-refractivity contribution in [1.82, 2.24) is 0 Å². The minimum absolute atomic E-state index is 0.258. The fourth-order valence-electron chi connectivity index (χ4n) is 3.09. The van der Waals surface area contributed by atoms with E-state index in [0.717, 1.165) is 12.8 Å². The third kappa shape index (κ3) is 3.47. The number of methoxy groups -OCH3 is 2. The number of hydrogen-bond donors (Lipinski definition) is 1. The first-order valence-electron chi connectivity index (χ1n) is 6.95. The van der Waals surface area contributed by atoms with Crippen molar-refractivity contribution in [3.63, 3.8) is 0 Å². The normalized spacial score (nSPS) is 30.1. The Morgan fingerprint density at radius 2 is 1.68 bits per heavy atom. The van der Waals surface area contributed by atoms with Crippen LogP contribution in [-0.2, 0) is 9.47 Å². The third-order valence-corrected chi connectivity index (χ3v) is 4.61. The van der Waals surface area contributed by atoms with Crippen LogP contribution in [0.5, 0.6) is 0 Å². The minimum Gasteiger partial charge on any atom is -0.386 e.